The van der Waals surface area contributed by atoms with Crippen LogP contribution in [0.3, 0.4) is 0 Å². The highest BCUT2D eigenvalue weighted by Crippen LogP contribution is 2.44. The third-order valence-electron chi connectivity index (χ3n) is 5.25. The summed E-state index contributed by atoms with van der Waals surface area (Å²) in [5.41, 5.74) is 5.65. The van der Waals surface area contributed by atoms with E-state index in [2.05, 4.69) is 29.6 Å². The van der Waals surface area contributed by atoms with E-state index in [0.29, 0.717) is 11.1 Å². The average Bonchev–Trinajstić information content (AvgIpc) is 3.10. The summed E-state index contributed by atoms with van der Waals surface area (Å²) in [5, 5.41) is 11.8. The van der Waals surface area contributed by atoms with E-state index in [-0.39, 0.29) is 31.5 Å². The summed E-state index contributed by atoms with van der Waals surface area (Å²) in [4.78, 5) is 12.1. The first-order valence-electron chi connectivity index (χ1n) is 9.82. The standard InChI is InChI=1S/C25H22FNO3/c26-24-12-11-17(15-28)14-18(24)6-5-13-27-25(29)30-16-23-21-9-3-1-7-19(21)20-8-2-4-10-22(20)23/h1-12,14,23,28H,13,15-16H2,(H,27,29). The quantitative estimate of drug-likeness (QED) is 0.617. The normalized spacial score (nSPS) is 12.6. The summed E-state index contributed by atoms with van der Waals surface area (Å²) in [7, 11) is 0. The van der Waals surface area contributed by atoms with Gasteiger partial charge < -0.3 is 15.2 Å². The molecule has 0 saturated carbocycles. The molecule has 0 bridgehead atoms. The topological polar surface area (TPSA) is 58.6 Å². The van der Waals surface area contributed by atoms with Gasteiger partial charge in [-0.1, -0.05) is 66.7 Å². The highest BCUT2D eigenvalue weighted by Gasteiger charge is 2.28. The molecule has 0 spiro atoms. The van der Waals surface area contributed by atoms with Crippen LogP contribution in [0.1, 0.15) is 28.2 Å². The maximum absolute atomic E-state index is 13.8. The Morgan fingerprint density at radius 2 is 1.70 bits per heavy atom. The number of carbonyl (C=O) groups is 1. The molecule has 2 N–H and O–H groups in total. The molecule has 0 radical (unpaired) electrons. The highest BCUT2D eigenvalue weighted by molar-refractivity contribution is 5.79. The van der Waals surface area contributed by atoms with Gasteiger partial charge in [-0.15, -0.1) is 0 Å². The Morgan fingerprint density at radius 1 is 1.03 bits per heavy atom. The van der Waals surface area contributed by atoms with Crippen LogP contribution in [0.15, 0.2) is 72.8 Å². The number of aliphatic hydroxyl groups excluding tert-OH is 1. The zero-order chi connectivity index (χ0) is 20.9. The van der Waals surface area contributed by atoms with Crippen LogP contribution < -0.4 is 5.32 Å². The van der Waals surface area contributed by atoms with Gasteiger partial charge >= 0.3 is 6.09 Å². The van der Waals surface area contributed by atoms with Gasteiger partial charge in [0, 0.05) is 18.0 Å². The SMILES string of the molecule is O=C(NCC=Cc1cc(CO)ccc1F)OCC1c2ccccc2-c2ccccc21. The number of hydrogen-bond acceptors (Lipinski definition) is 3. The molecular weight excluding hydrogens is 381 g/mol. The lowest BCUT2D eigenvalue weighted by Gasteiger charge is -2.14. The number of benzene rings is 3. The monoisotopic (exact) mass is 403 g/mol. The molecule has 0 heterocycles. The van der Waals surface area contributed by atoms with Crippen LogP contribution in [0.25, 0.3) is 17.2 Å². The summed E-state index contributed by atoms with van der Waals surface area (Å²) >= 11 is 0. The molecule has 1 amide bonds. The van der Waals surface area contributed by atoms with Crippen molar-refractivity contribution in [3.05, 3.63) is 101 Å². The van der Waals surface area contributed by atoms with E-state index in [0.717, 1.165) is 11.1 Å². The second-order valence-corrected chi connectivity index (χ2v) is 7.12. The van der Waals surface area contributed by atoms with Crippen molar-refractivity contribution in [3.8, 4) is 11.1 Å². The van der Waals surface area contributed by atoms with Crippen molar-refractivity contribution < 1.29 is 19.0 Å². The zero-order valence-corrected chi connectivity index (χ0v) is 16.3. The number of fused-ring (bicyclic) bond motifs is 3. The molecule has 0 aromatic heterocycles. The number of aliphatic hydroxyl groups is 1. The van der Waals surface area contributed by atoms with Gasteiger partial charge in [0.2, 0.25) is 0 Å². The zero-order valence-electron chi connectivity index (χ0n) is 16.3. The van der Waals surface area contributed by atoms with E-state index in [1.165, 1.54) is 23.3 Å². The first kappa shape index (κ1) is 19.9. The summed E-state index contributed by atoms with van der Waals surface area (Å²) in [6.45, 7) is 0.301. The molecule has 5 heteroatoms. The molecule has 0 atom stereocenters. The Hall–Kier alpha value is -3.44. The van der Waals surface area contributed by atoms with Gasteiger partial charge in [-0.25, -0.2) is 9.18 Å². The van der Waals surface area contributed by atoms with Crippen LogP contribution in [0, 0.1) is 5.82 Å². The first-order chi connectivity index (χ1) is 14.7. The smallest absolute Gasteiger partial charge is 0.407 e. The van der Waals surface area contributed by atoms with Crippen LogP contribution in [0.4, 0.5) is 9.18 Å². The molecule has 0 saturated heterocycles. The minimum atomic E-state index is -0.522. The first-order valence-corrected chi connectivity index (χ1v) is 9.82. The Balaban J connectivity index is 1.34. The molecule has 0 unspecified atom stereocenters. The second kappa shape index (κ2) is 8.93. The van der Waals surface area contributed by atoms with Gasteiger partial charge in [0.25, 0.3) is 0 Å². The predicted molar refractivity (Wildman–Crippen MR) is 114 cm³/mol. The van der Waals surface area contributed by atoms with E-state index < -0.39 is 6.09 Å². The fourth-order valence-electron chi connectivity index (χ4n) is 3.80. The number of amides is 1. The lowest BCUT2D eigenvalue weighted by Crippen LogP contribution is -2.26. The Labute approximate surface area is 174 Å². The Kier molecular flexibility index (Phi) is 5.91. The largest absolute Gasteiger partial charge is 0.449 e. The molecular formula is C25H22FNO3. The molecule has 152 valence electrons. The number of alkyl carbamates (subject to hydrolysis) is 1. The van der Waals surface area contributed by atoms with Gasteiger partial charge in [0.15, 0.2) is 0 Å². The van der Waals surface area contributed by atoms with E-state index in [4.69, 9.17) is 9.84 Å². The predicted octanol–water partition coefficient (Wildman–Crippen LogP) is 4.87. The van der Waals surface area contributed by atoms with Gasteiger partial charge in [-0.05, 0) is 39.9 Å². The van der Waals surface area contributed by atoms with E-state index in [1.807, 2.05) is 24.3 Å². The molecule has 0 aliphatic heterocycles. The van der Waals surface area contributed by atoms with Crippen molar-refractivity contribution in [3.63, 3.8) is 0 Å². The summed E-state index contributed by atoms with van der Waals surface area (Å²) in [6.07, 6.45) is 2.69. The van der Waals surface area contributed by atoms with E-state index in [1.54, 1.807) is 18.2 Å². The number of carbonyl (C=O) groups excluding carboxylic acids is 1. The van der Waals surface area contributed by atoms with Gasteiger partial charge in [0.05, 0.1) is 6.61 Å². The number of hydrogen-bond donors (Lipinski definition) is 2. The minimum absolute atomic E-state index is 0.00834. The molecule has 4 rings (SSSR count). The van der Waals surface area contributed by atoms with Crippen molar-refractivity contribution in [1.29, 1.82) is 0 Å². The lowest BCUT2D eigenvalue weighted by atomic mass is 9.98. The molecule has 30 heavy (non-hydrogen) atoms. The second-order valence-electron chi connectivity index (χ2n) is 7.12. The number of rotatable bonds is 6. The third-order valence-corrected chi connectivity index (χ3v) is 5.25. The van der Waals surface area contributed by atoms with Crippen LogP contribution in [-0.4, -0.2) is 24.4 Å². The maximum Gasteiger partial charge on any atom is 0.407 e. The van der Waals surface area contributed by atoms with E-state index >= 15 is 0 Å². The number of ether oxygens (including phenoxy) is 1. The van der Waals surface area contributed by atoms with Crippen molar-refractivity contribution in [1.82, 2.24) is 5.32 Å². The Bertz CT molecular complexity index is 1050. The van der Waals surface area contributed by atoms with Crippen molar-refractivity contribution in [2.75, 3.05) is 13.2 Å². The number of nitrogens with one attached hydrogen (secondary N) is 1. The molecule has 4 nitrogen and oxygen atoms in total. The molecule has 3 aromatic carbocycles. The van der Waals surface area contributed by atoms with Crippen LogP contribution in [-0.2, 0) is 11.3 Å². The third kappa shape index (κ3) is 4.11. The molecule has 1 aliphatic carbocycles. The van der Waals surface area contributed by atoms with Crippen LogP contribution in [0.2, 0.25) is 0 Å². The fourth-order valence-corrected chi connectivity index (χ4v) is 3.80. The summed E-state index contributed by atoms with van der Waals surface area (Å²) < 4.78 is 19.2. The summed E-state index contributed by atoms with van der Waals surface area (Å²) in [6, 6.07) is 20.7. The minimum Gasteiger partial charge on any atom is -0.449 e. The highest BCUT2D eigenvalue weighted by atomic mass is 19.1. The average molecular weight is 403 g/mol. The molecule has 3 aromatic rings. The van der Waals surface area contributed by atoms with Gasteiger partial charge in [-0.3, -0.25) is 0 Å². The summed E-state index contributed by atoms with van der Waals surface area (Å²) in [5.74, 6) is -0.376. The lowest BCUT2D eigenvalue weighted by molar-refractivity contribution is 0.144. The van der Waals surface area contributed by atoms with Crippen molar-refractivity contribution >= 4 is 12.2 Å². The van der Waals surface area contributed by atoms with Gasteiger partial charge in [-0.2, -0.15) is 0 Å². The van der Waals surface area contributed by atoms with Crippen LogP contribution in [0.5, 0.6) is 0 Å². The van der Waals surface area contributed by atoms with Crippen LogP contribution >= 0.6 is 0 Å². The molecule has 1 aliphatic rings. The maximum atomic E-state index is 13.8. The van der Waals surface area contributed by atoms with Crippen molar-refractivity contribution in [2.45, 2.75) is 12.5 Å². The Morgan fingerprint density at radius 3 is 2.37 bits per heavy atom. The van der Waals surface area contributed by atoms with Crippen molar-refractivity contribution in [2.24, 2.45) is 0 Å². The van der Waals surface area contributed by atoms with Gasteiger partial charge in [0.1, 0.15) is 12.4 Å². The number of halogens is 1. The molecule has 0 fully saturated rings. The van der Waals surface area contributed by atoms with E-state index in [9.17, 15) is 9.18 Å². The fraction of sp³-hybridized carbons (Fsp3) is 0.160.